The summed E-state index contributed by atoms with van der Waals surface area (Å²) in [5.74, 6) is -23.1. The maximum Gasteiger partial charge on any atom is 0.314 e. The molecule has 0 N–H and O–H groups in total. The minimum absolute atomic E-state index is 0.352. The van der Waals surface area contributed by atoms with E-state index in [0.29, 0.717) is 31.6 Å². The first kappa shape index (κ1) is 29.7. The molecule has 0 aromatic heterocycles. The van der Waals surface area contributed by atoms with Crippen LogP contribution in [0.4, 0.5) is 35.1 Å². The van der Waals surface area contributed by atoms with E-state index in [-0.39, 0.29) is 0 Å². The molecule has 0 saturated heterocycles. The molecule has 0 radical (unpaired) electrons. The van der Waals surface area contributed by atoms with E-state index in [2.05, 4.69) is 16.4 Å². The second kappa shape index (κ2) is 12.8. The zero-order valence-electron chi connectivity index (χ0n) is 21.0. The highest BCUT2D eigenvalue weighted by molar-refractivity contribution is 5.76. The largest absolute Gasteiger partial charge is 0.488 e. The summed E-state index contributed by atoms with van der Waals surface area (Å²) in [5, 5.41) is 0. The summed E-state index contributed by atoms with van der Waals surface area (Å²) >= 11 is 0. The minimum Gasteiger partial charge on any atom is -0.488 e. The third kappa shape index (κ3) is 5.91. The third-order valence-electron chi connectivity index (χ3n) is 6.83. The summed E-state index contributed by atoms with van der Waals surface area (Å²) in [5.41, 5.74) is -4.06. The van der Waals surface area contributed by atoms with Crippen molar-refractivity contribution in [2.45, 2.75) is 71.6 Å². The SMILES string of the molecule is CCCCCCC1CCC(C(=O)Oc2c(F)c(F)c(-c3c(F)c(F)c(OCC)c(F)c3F)c(F)c2F)CC1. The highest BCUT2D eigenvalue weighted by Crippen LogP contribution is 2.42. The van der Waals surface area contributed by atoms with Crippen molar-refractivity contribution in [2.75, 3.05) is 6.61 Å². The number of esters is 1. The fourth-order valence-corrected chi connectivity index (χ4v) is 4.75. The van der Waals surface area contributed by atoms with Crippen LogP contribution in [0.15, 0.2) is 0 Å². The Morgan fingerprint density at radius 1 is 0.658 bits per heavy atom. The van der Waals surface area contributed by atoms with Crippen LogP contribution in [0.3, 0.4) is 0 Å². The van der Waals surface area contributed by atoms with Crippen LogP contribution in [-0.4, -0.2) is 12.6 Å². The van der Waals surface area contributed by atoms with Crippen LogP contribution in [0.1, 0.15) is 71.6 Å². The molecule has 1 fully saturated rings. The third-order valence-corrected chi connectivity index (χ3v) is 6.83. The molecule has 0 aliphatic heterocycles. The van der Waals surface area contributed by atoms with Crippen LogP contribution in [-0.2, 0) is 4.79 Å². The van der Waals surface area contributed by atoms with Gasteiger partial charge in [0.05, 0.1) is 23.7 Å². The molecule has 11 heteroatoms. The summed E-state index contributed by atoms with van der Waals surface area (Å²) < 4.78 is 126. The average molecular weight is 553 g/mol. The normalized spacial score (nSPS) is 17.5. The number of ether oxygens (including phenoxy) is 2. The van der Waals surface area contributed by atoms with Crippen molar-refractivity contribution in [2.24, 2.45) is 11.8 Å². The van der Waals surface area contributed by atoms with Crippen molar-refractivity contribution in [3.05, 3.63) is 46.5 Å². The fourth-order valence-electron chi connectivity index (χ4n) is 4.75. The Morgan fingerprint density at radius 2 is 1.13 bits per heavy atom. The van der Waals surface area contributed by atoms with E-state index in [1.807, 2.05) is 0 Å². The Hall–Kier alpha value is -2.85. The molecule has 3 nitrogen and oxygen atoms in total. The highest BCUT2D eigenvalue weighted by Gasteiger charge is 2.37. The molecule has 0 bridgehead atoms. The molecule has 210 valence electrons. The van der Waals surface area contributed by atoms with E-state index in [4.69, 9.17) is 0 Å². The number of carbonyl (C=O) groups is 1. The molecule has 0 spiro atoms. The van der Waals surface area contributed by atoms with E-state index in [9.17, 15) is 39.9 Å². The monoisotopic (exact) mass is 552 g/mol. The Labute approximate surface area is 215 Å². The molecular weight excluding hydrogens is 524 g/mol. The van der Waals surface area contributed by atoms with Gasteiger partial charge in [0, 0.05) is 0 Å². The quantitative estimate of drug-likeness (QED) is 0.0974. The lowest BCUT2D eigenvalue weighted by Crippen LogP contribution is -2.26. The van der Waals surface area contributed by atoms with Gasteiger partial charge in [-0.2, -0.15) is 17.6 Å². The molecule has 2 aromatic rings. The standard InChI is InChI=1S/C27H28F8O3/c1-3-5-6-7-8-13-9-11-14(12-10-13)27(36)38-26-23(34)19(30)16(20(31)24(26)35)15-17(28)21(32)25(37-4-2)22(33)18(15)29/h13-14H,3-12H2,1-2H3. The molecule has 1 saturated carbocycles. The predicted octanol–water partition coefficient (Wildman–Crippen LogP) is 8.55. The van der Waals surface area contributed by atoms with Gasteiger partial charge in [-0.3, -0.25) is 4.79 Å². The zero-order valence-corrected chi connectivity index (χ0v) is 21.0. The number of hydrogen-bond donors (Lipinski definition) is 0. The Kier molecular flexibility index (Phi) is 10.0. The van der Waals surface area contributed by atoms with Crippen LogP contribution in [0.25, 0.3) is 11.1 Å². The molecule has 0 unspecified atom stereocenters. The molecule has 0 amide bonds. The summed E-state index contributed by atoms with van der Waals surface area (Å²) in [6, 6.07) is 0. The van der Waals surface area contributed by atoms with E-state index < -0.39 is 87.7 Å². The predicted molar refractivity (Wildman–Crippen MR) is 123 cm³/mol. The molecule has 1 aliphatic rings. The second-order valence-electron chi connectivity index (χ2n) is 9.34. The lowest BCUT2D eigenvalue weighted by molar-refractivity contribution is -0.140. The molecule has 38 heavy (non-hydrogen) atoms. The number of halogens is 8. The van der Waals surface area contributed by atoms with Crippen molar-refractivity contribution in [1.29, 1.82) is 0 Å². The van der Waals surface area contributed by atoms with Crippen molar-refractivity contribution in [3.63, 3.8) is 0 Å². The van der Waals surface area contributed by atoms with Crippen molar-refractivity contribution in [3.8, 4) is 22.6 Å². The van der Waals surface area contributed by atoms with Crippen LogP contribution in [0, 0.1) is 58.4 Å². The molecule has 3 rings (SSSR count). The minimum atomic E-state index is -2.40. The van der Waals surface area contributed by atoms with Gasteiger partial charge in [-0.05, 0) is 38.5 Å². The summed E-state index contributed by atoms with van der Waals surface area (Å²) in [7, 11) is 0. The van der Waals surface area contributed by atoms with E-state index in [1.54, 1.807) is 0 Å². The fraction of sp³-hybridized carbons (Fsp3) is 0.519. The zero-order chi connectivity index (χ0) is 28.1. The number of rotatable bonds is 10. The van der Waals surface area contributed by atoms with Crippen LogP contribution < -0.4 is 9.47 Å². The highest BCUT2D eigenvalue weighted by atomic mass is 19.2. The summed E-state index contributed by atoms with van der Waals surface area (Å²) in [6.45, 7) is 2.93. The first-order valence-corrected chi connectivity index (χ1v) is 12.6. The first-order valence-electron chi connectivity index (χ1n) is 12.6. The average Bonchev–Trinajstić information content (AvgIpc) is 2.91. The maximum absolute atomic E-state index is 14.8. The van der Waals surface area contributed by atoms with Gasteiger partial charge in [0.2, 0.25) is 29.0 Å². The van der Waals surface area contributed by atoms with Gasteiger partial charge in [-0.1, -0.05) is 39.0 Å². The van der Waals surface area contributed by atoms with E-state index in [1.165, 1.54) is 6.92 Å². The Bertz CT molecular complexity index is 1120. The van der Waals surface area contributed by atoms with E-state index in [0.717, 1.165) is 32.1 Å². The molecule has 0 heterocycles. The van der Waals surface area contributed by atoms with Crippen LogP contribution >= 0.6 is 0 Å². The molecule has 1 aliphatic carbocycles. The number of benzene rings is 2. The molecule has 0 atom stereocenters. The molecule has 2 aromatic carbocycles. The number of hydrogen-bond acceptors (Lipinski definition) is 3. The smallest absolute Gasteiger partial charge is 0.314 e. The van der Waals surface area contributed by atoms with Gasteiger partial charge in [0.15, 0.2) is 29.0 Å². The van der Waals surface area contributed by atoms with Crippen LogP contribution in [0.5, 0.6) is 11.5 Å². The Morgan fingerprint density at radius 3 is 1.58 bits per heavy atom. The van der Waals surface area contributed by atoms with Gasteiger partial charge >= 0.3 is 5.97 Å². The topological polar surface area (TPSA) is 35.5 Å². The van der Waals surface area contributed by atoms with Crippen molar-refractivity contribution >= 4 is 5.97 Å². The molecular formula is C27H28F8O3. The maximum atomic E-state index is 14.8. The van der Waals surface area contributed by atoms with Crippen molar-refractivity contribution in [1.82, 2.24) is 0 Å². The van der Waals surface area contributed by atoms with Gasteiger partial charge in [-0.15, -0.1) is 0 Å². The van der Waals surface area contributed by atoms with Gasteiger partial charge in [0.25, 0.3) is 0 Å². The lowest BCUT2D eigenvalue weighted by Gasteiger charge is -2.27. The van der Waals surface area contributed by atoms with Crippen molar-refractivity contribution < 1.29 is 49.4 Å². The Balaban J connectivity index is 1.86. The van der Waals surface area contributed by atoms with Gasteiger partial charge in [-0.25, -0.2) is 17.6 Å². The lowest BCUT2D eigenvalue weighted by atomic mass is 9.80. The second-order valence-corrected chi connectivity index (χ2v) is 9.34. The van der Waals surface area contributed by atoms with Gasteiger partial charge < -0.3 is 9.47 Å². The first-order chi connectivity index (χ1) is 18.0. The number of unbranched alkanes of at least 4 members (excludes halogenated alkanes) is 3. The number of carbonyl (C=O) groups excluding carboxylic acids is 1. The van der Waals surface area contributed by atoms with Gasteiger partial charge in [0.1, 0.15) is 0 Å². The van der Waals surface area contributed by atoms with Crippen LogP contribution in [0.2, 0.25) is 0 Å². The summed E-state index contributed by atoms with van der Waals surface area (Å²) in [6.07, 6.45) is 7.43. The summed E-state index contributed by atoms with van der Waals surface area (Å²) in [4.78, 5) is 12.5. The van der Waals surface area contributed by atoms with E-state index >= 15 is 0 Å².